The Labute approximate surface area is 169 Å². The number of ether oxygens (including phenoxy) is 2. The van der Waals surface area contributed by atoms with Crippen molar-refractivity contribution in [3.05, 3.63) is 23.8 Å². The Bertz CT molecular complexity index is 703. The molecule has 1 aliphatic heterocycles. The van der Waals surface area contributed by atoms with Gasteiger partial charge in [-0.3, -0.25) is 0 Å². The molecule has 156 valence electrons. The third kappa shape index (κ3) is 5.20. The van der Waals surface area contributed by atoms with Gasteiger partial charge in [-0.25, -0.2) is 4.79 Å². The van der Waals surface area contributed by atoms with Crippen LogP contribution in [0.3, 0.4) is 0 Å². The smallest absolute Gasteiger partial charge is 0.489 e. The molecule has 1 atom stereocenters. The van der Waals surface area contributed by atoms with Gasteiger partial charge in [0.2, 0.25) is 0 Å². The number of carbonyl (C=O) groups excluding carboxylic acids is 1. The number of primary amides is 1. The van der Waals surface area contributed by atoms with Gasteiger partial charge in [0.1, 0.15) is 18.0 Å². The molecule has 0 spiro atoms. The summed E-state index contributed by atoms with van der Waals surface area (Å²) in [6, 6.07) is 5.85. The number of rotatable bonds is 7. The van der Waals surface area contributed by atoms with E-state index in [-0.39, 0.29) is 17.8 Å². The lowest BCUT2D eigenvalue weighted by Gasteiger charge is -2.32. The van der Waals surface area contributed by atoms with Crippen LogP contribution < -0.4 is 15.9 Å². The zero-order valence-corrected chi connectivity index (χ0v) is 18.4. The van der Waals surface area contributed by atoms with Crippen molar-refractivity contribution in [2.75, 3.05) is 6.61 Å². The van der Waals surface area contributed by atoms with Crippen molar-refractivity contribution in [2.45, 2.75) is 78.6 Å². The first kappa shape index (κ1) is 22.6. The summed E-state index contributed by atoms with van der Waals surface area (Å²) < 4.78 is 23.5. The summed E-state index contributed by atoms with van der Waals surface area (Å²) in [4.78, 5) is 11.3. The fraction of sp³-hybridized carbons (Fsp3) is 0.667. The summed E-state index contributed by atoms with van der Waals surface area (Å²) in [5.41, 5.74) is 5.60. The van der Waals surface area contributed by atoms with Gasteiger partial charge in [0.25, 0.3) is 0 Å². The Morgan fingerprint density at radius 3 is 2.25 bits per heavy atom. The second-order valence-corrected chi connectivity index (χ2v) is 9.37. The molecule has 28 heavy (non-hydrogen) atoms. The summed E-state index contributed by atoms with van der Waals surface area (Å²) in [5, 5.41) is 0. The Kier molecular flexibility index (Phi) is 6.41. The van der Waals surface area contributed by atoms with E-state index in [1.807, 2.05) is 59.7 Å². The van der Waals surface area contributed by atoms with Crippen LogP contribution in [0.5, 0.6) is 5.75 Å². The molecular weight excluding hydrogens is 357 g/mol. The summed E-state index contributed by atoms with van der Waals surface area (Å²) in [6.45, 7) is 16.3. The maximum Gasteiger partial charge on any atom is 0.494 e. The number of benzene rings is 1. The van der Waals surface area contributed by atoms with Crippen molar-refractivity contribution < 1.29 is 23.6 Å². The molecule has 1 heterocycles. The maximum atomic E-state index is 11.3. The number of carbonyl (C=O) groups is 1. The highest BCUT2D eigenvalue weighted by Crippen LogP contribution is 2.36. The molecular formula is C21H34BNO5. The van der Waals surface area contributed by atoms with Crippen molar-refractivity contribution in [3.8, 4) is 5.75 Å². The van der Waals surface area contributed by atoms with Crippen molar-refractivity contribution in [2.24, 2.45) is 11.7 Å². The molecule has 1 unspecified atom stereocenters. The average molecular weight is 391 g/mol. The van der Waals surface area contributed by atoms with Crippen LogP contribution in [-0.2, 0) is 14.0 Å². The molecule has 6 nitrogen and oxygen atoms in total. The number of nitrogens with two attached hydrogens (primary N) is 1. The predicted molar refractivity (Wildman–Crippen MR) is 111 cm³/mol. The van der Waals surface area contributed by atoms with Gasteiger partial charge in [-0.1, -0.05) is 26.0 Å². The van der Waals surface area contributed by atoms with E-state index >= 15 is 0 Å². The van der Waals surface area contributed by atoms with Crippen LogP contribution in [-0.4, -0.2) is 36.6 Å². The Hall–Kier alpha value is -1.73. The van der Waals surface area contributed by atoms with Crippen LogP contribution in [0.15, 0.2) is 18.2 Å². The lowest BCUT2D eigenvalue weighted by molar-refractivity contribution is -0.0187. The van der Waals surface area contributed by atoms with Crippen LogP contribution >= 0.6 is 0 Å². The van der Waals surface area contributed by atoms with Gasteiger partial charge < -0.3 is 24.5 Å². The highest BCUT2D eigenvalue weighted by Gasteiger charge is 2.51. The summed E-state index contributed by atoms with van der Waals surface area (Å²) in [7, 11) is -0.415. The fourth-order valence-corrected chi connectivity index (χ4v) is 3.43. The van der Waals surface area contributed by atoms with Crippen LogP contribution in [0.1, 0.15) is 60.5 Å². The lowest BCUT2D eigenvalue weighted by atomic mass is 9.78. The summed E-state index contributed by atoms with van der Waals surface area (Å²) in [6.07, 6.45) is -0.138. The zero-order valence-electron chi connectivity index (χ0n) is 18.4. The van der Waals surface area contributed by atoms with E-state index < -0.39 is 18.8 Å². The molecule has 1 aliphatic rings. The zero-order chi connectivity index (χ0) is 21.3. The molecule has 1 aromatic rings. The quantitative estimate of drug-likeness (QED) is 0.719. The third-order valence-electron chi connectivity index (χ3n) is 5.44. The van der Waals surface area contributed by atoms with Gasteiger partial charge in [0, 0.05) is 0 Å². The second-order valence-electron chi connectivity index (χ2n) is 9.37. The van der Waals surface area contributed by atoms with Crippen LogP contribution in [0.4, 0.5) is 4.79 Å². The normalized spacial score (nSPS) is 20.1. The summed E-state index contributed by atoms with van der Waals surface area (Å²) in [5.74, 6) is 1.06. The minimum Gasteiger partial charge on any atom is -0.489 e. The highest BCUT2D eigenvalue weighted by atomic mass is 16.7. The average Bonchev–Trinajstić information content (AvgIpc) is 2.72. The van der Waals surface area contributed by atoms with Crippen LogP contribution in [0.2, 0.25) is 0 Å². The molecule has 1 saturated heterocycles. The SMILES string of the molecule is Cc1cc(B2OC(C)(C)C(C)(C)O2)ccc1OCC(C)(CC(C)C)OC(N)=O. The number of hydrogen-bond acceptors (Lipinski definition) is 5. The van der Waals surface area contributed by atoms with E-state index in [1.54, 1.807) is 0 Å². The van der Waals surface area contributed by atoms with Crippen molar-refractivity contribution in [1.82, 2.24) is 0 Å². The van der Waals surface area contributed by atoms with Crippen LogP contribution in [0, 0.1) is 12.8 Å². The van der Waals surface area contributed by atoms with Crippen molar-refractivity contribution >= 4 is 18.7 Å². The highest BCUT2D eigenvalue weighted by molar-refractivity contribution is 6.62. The number of hydrogen-bond donors (Lipinski definition) is 1. The van der Waals surface area contributed by atoms with E-state index in [2.05, 4.69) is 13.8 Å². The van der Waals surface area contributed by atoms with Gasteiger partial charge in [-0.2, -0.15) is 0 Å². The fourth-order valence-electron chi connectivity index (χ4n) is 3.43. The van der Waals surface area contributed by atoms with E-state index in [0.29, 0.717) is 12.3 Å². The monoisotopic (exact) mass is 391 g/mol. The molecule has 0 aliphatic carbocycles. The Balaban J connectivity index is 2.11. The van der Waals surface area contributed by atoms with Crippen LogP contribution in [0.25, 0.3) is 0 Å². The lowest BCUT2D eigenvalue weighted by Crippen LogP contribution is -2.41. The van der Waals surface area contributed by atoms with Gasteiger partial charge in [0.05, 0.1) is 11.2 Å². The third-order valence-corrected chi connectivity index (χ3v) is 5.44. The van der Waals surface area contributed by atoms with Gasteiger partial charge >= 0.3 is 13.2 Å². The molecule has 2 N–H and O–H groups in total. The largest absolute Gasteiger partial charge is 0.494 e. The van der Waals surface area contributed by atoms with Crippen molar-refractivity contribution in [1.29, 1.82) is 0 Å². The van der Waals surface area contributed by atoms with E-state index in [1.165, 1.54) is 0 Å². The topological polar surface area (TPSA) is 80.0 Å². The summed E-state index contributed by atoms with van der Waals surface area (Å²) >= 11 is 0. The molecule has 0 radical (unpaired) electrons. The molecule has 2 rings (SSSR count). The minimum absolute atomic E-state index is 0.227. The predicted octanol–water partition coefficient (Wildman–Crippen LogP) is 3.57. The molecule has 1 fully saturated rings. The first-order valence-corrected chi connectivity index (χ1v) is 9.82. The first-order chi connectivity index (χ1) is 12.7. The van der Waals surface area contributed by atoms with E-state index in [4.69, 9.17) is 24.5 Å². The maximum absolute atomic E-state index is 11.3. The molecule has 0 aromatic heterocycles. The molecule has 0 bridgehead atoms. The van der Waals surface area contributed by atoms with Gasteiger partial charge in [-0.05, 0) is 71.0 Å². The van der Waals surface area contributed by atoms with E-state index in [0.717, 1.165) is 16.8 Å². The second kappa shape index (κ2) is 7.95. The minimum atomic E-state index is -0.792. The Morgan fingerprint density at radius 2 is 1.79 bits per heavy atom. The molecule has 0 saturated carbocycles. The van der Waals surface area contributed by atoms with E-state index in [9.17, 15) is 4.79 Å². The van der Waals surface area contributed by atoms with Gasteiger partial charge in [-0.15, -0.1) is 0 Å². The van der Waals surface area contributed by atoms with Crippen molar-refractivity contribution in [3.63, 3.8) is 0 Å². The number of amides is 1. The Morgan fingerprint density at radius 1 is 1.21 bits per heavy atom. The first-order valence-electron chi connectivity index (χ1n) is 9.82. The standard InChI is InChI=1S/C21H34BNO5/c1-14(2)12-21(8,26-18(23)24)13-25-17-10-9-16(11-15(17)3)22-27-19(4,5)20(6,7)28-22/h9-11,14H,12-13H2,1-8H3,(H2,23,24). The molecule has 1 aromatic carbocycles. The number of aryl methyl sites for hydroxylation is 1. The molecule has 1 amide bonds. The van der Waals surface area contributed by atoms with Gasteiger partial charge in [0.15, 0.2) is 0 Å². The molecule has 7 heteroatoms.